The molecule has 4 nitrogen and oxygen atoms in total. The predicted octanol–water partition coefficient (Wildman–Crippen LogP) is 2.43. The van der Waals surface area contributed by atoms with E-state index in [1.165, 1.54) is 11.5 Å². The van der Waals surface area contributed by atoms with Crippen molar-refractivity contribution in [3.63, 3.8) is 0 Å². The third kappa shape index (κ3) is 3.05. The molecule has 0 aliphatic carbocycles. The van der Waals surface area contributed by atoms with Gasteiger partial charge in [0.25, 0.3) is 0 Å². The van der Waals surface area contributed by atoms with Crippen molar-refractivity contribution in [1.29, 1.82) is 0 Å². The lowest BCUT2D eigenvalue weighted by molar-refractivity contribution is 0.500. The van der Waals surface area contributed by atoms with Crippen molar-refractivity contribution in [2.75, 3.05) is 24.5 Å². The van der Waals surface area contributed by atoms with Crippen LogP contribution in [0.15, 0.2) is 30.3 Å². The van der Waals surface area contributed by atoms with Crippen LogP contribution in [0.25, 0.3) is 11.4 Å². The number of nitrogens with one attached hydrogen (secondary N) is 1. The highest BCUT2D eigenvalue weighted by molar-refractivity contribution is 7.09. The summed E-state index contributed by atoms with van der Waals surface area (Å²) < 4.78 is 4.46. The summed E-state index contributed by atoms with van der Waals surface area (Å²) in [6, 6.07) is 10.6. The molecule has 6 heteroatoms. The second-order valence-corrected chi connectivity index (χ2v) is 5.24. The minimum atomic E-state index is 0. The Balaban J connectivity index is 0.00000133. The van der Waals surface area contributed by atoms with E-state index in [1.54, 1.807) is 0 Å². The molecule has 0 amide bonds. The van der Waals surface area contributed by atoms with E-state index in [2.05, 4.69) is 26.5 Å². The van der Waals surface area contributed by atoms with Gasteiger partial charge in [-0.2, -0.15) is 9.36 Å². The van der Waals surface area contributed by atoms with Gasteiger partial charge in [-0.1, -0.05) is 30.3 Å². The van der Waals surface area contributed by atoms with E-state index in [0.29, 0.717) is 6.04 Å². The van der Waals surface area contributed by atoms with Crippen LogP contribution in [0, 0.1) is 0 Å². The summed E-state index contributed by atoms with van der Waals surface area (Å²) in [5, 5.41) is 4.42. The fourth-order valence-corrected chi connectivity index (χ4v) is 2.98. The van der Waals surface area contributed by atoms with Crippen LogP contribution in [0.3, 0.4) is 0 Å². The Kier molecular flexibility index (Phi) is 4.74. The normalized spacial score (nSPS) is 19.0. The molecule has 1 atom stereocenters. The summed E-state index contributed by atoms with van der Waals surface area (Å²) in [7, 11) is 0. The first-order chi connectivity index (χ1) is 8.84. The smallest absolute Gasteiger partial charge is 0.205 e. The zero-order valence-electron chi connectivity index (χ0n) is 10.7. The van der Waals surface area contributed by atoms with Crippen LogP contribution < -0.4 is 10.2 Å². The average Bonchev–Trinajstić information content (AvgIpc) is 2.90. The first-order valence-corrected chi connectivity index (χ1v) is 6.98. The molecule has 0 spiro atoms. The quantitative estimate of drug-likeness (QED) is 0.924. The van der Waals surface area contributed by atoms with Gasteiger partial charge in [-0.3, -0.25) is 0 Å². The topological polar surface area (TPSA) is 41.0 Å². The molecule has 1 aromatic heterocycles. The van der Waals surface area contributed by atoms with Crippen LogP contribution in [-0.4, -0.2) is 35.0 Å². The Bertz CT molecular complexity index is 516. The van der Waals surface area contributed by atoms with Gasteiger partial charge < -0.3 is 10.2 Å². The van der Waals surface area contributed by atoms with Crippen molar-refractivity contribution in [2.45, 2.75) is 13.0 Å². The van der Waals surface area contributed by atoms with Gasteiger partial charge in [-0.05, 0) is 6.92 Å². The van der Waals surface area contributed by atoms with Crippen LogP contribution in [0.4, 0.5) is 5.13 Å². The van der Waals surface area contributed by atoms with Crippen molar-refractivity contribution in [2.24, 2.45) is 0 Å². The lowest BCUT2D eigenvalue weighted by Gasteiger charge is -2.33. The third-order valence-electron chi connectivity index (χ3n) is 3.19. The summed E-state index contributed by atoms with van der Waals surface area (Å²) in [5.41, 5.74) is 1.09. The maximum absolute atomic E-state index is 4.66. The summed E-state index contributed by atoms with van der Waals surface area (Å²) >= 11 is 1.49. The number of anilines is 1. The second kappa shape index (κ2) is 6.32. The first-order valence-electron chi connectivity index (χ1n) is 6.21. The number of hydrogen-bond donors (Lipinski definition) is 1. The molecular weight excluding hydrogens is 280 g/mol. The van der Waals surface area contributed by atoms with E-state index < -0.39 is 0 Å². The monoisotopic (exact) mass is 296 g/mol. The average molecular weight is 297 g/mol. The molecule has 0 saturated carbocycles. The third-order valence-corrected chi connectivity index (χ3v) is 3.95. The summed E-state index contributed by atoms with van der Waals surface area (Å²) in [6.45, 7) is 5.26. The van der Waals surface area contributed by atoms with Gasteiger partial charge in [0.05, 0.1) is 0 Å². The van der Waals surface area contributed by atoms with Gasteiger partial charge in [0.15, 0.2) is 5.82 Å². The first kappa shape index (κ1) is 14.2. The molecule has 2 heterocycles. The standard InChI is InChI=1S/C13H16N4S.ClH/c1-10-9-14-7-8-17(10)13-15-12(16-18-13)11-5-3-2-4-6-11;/h2-6,10,14H,7-9H2,1H3;1H. The molecule has 1 aliphatic heterocycles. The van der Waals surface area contributed by atoms with E-state index in [1.807, 2.05) is 30.3 Å². The highest BCUT2D eigenvalue weighted by Gasteiger charge is 2.21. The van der Waals surface area contributed by atoms with Crippen molar-refractivity contribution in [3.8, 4) is 11.4 Å². The SMILES string of the molecule is CC1CNCCN1c1nc(-c2ccccc2)ns1.Cl. The molecule has 1 N–H and O–H groups in total. The summed E-state index contributed by atoms with van der Waals surface area (Å²) in [4.78, 5) is 6.99. The molecule has 19 heavy (non-hydrogen) atoms. The molecule has 102 valence electrons. The van der Waals surface area contributed by atoms with Crippen molar-refractivity contribution in [3.05, 3.63) is 30.3 Å². The van der Waals surface area contributed by atoms with Gasteiger partial charge in [0.2, 0.25) is 5.13 Å². The van der Waals surface area contributed by atoms with Crippen LogP contribution in [0.2, 0.25) is 0 Å². The van der Waals surface area contributed by atoms with Crippen molar-refractivity contribution >= 4 is 29.1 Å². The largest absolute Gasteiger partial charge is 0.342 e. The Morgan fingerprint density at radius 1 is 1.32 bits per heavy atom. The molecule has 1 unspecified atom stereocenters. The summed E-state index contributed by atoms with van der Waals surface area (Å²) in [5.74, 6) is 0.835. The molecule has 1 fully saturated rings. The van der Waals surface area contributed by atoms with Gasteiger partial charge in [-0.25, -0.2) is 0 Å². The molecule has 0 bridgehead atoms. The lowest BCUT2D eigenvalue weighted by Crippen LogP contribution is -2.49. The van der Waals surface area contributed by atoms with E-state index >= 15 is 0 Å². The van der Waals surface area contributed by atoms with Crippen LogP contribution in [0.5, 0.6) is 0 Å². The number of aromatic nitrogens is 2. The second-order valence-electron chi connectivity index (χ2n) is 4.51. The highest BCUT2D eigenvalue weighted by Crippen LogP contribution is 2.25. The maximum atomic E-state index is 4.66. The van der Waals surface area contributed by atoms with Crippen molar-refractivity contribution in [1.82, 2.24) is 14.7 Å². The molecular formula is C13H17ClN4S. The number of benzene rings is 1. The number of nitrogens with zero attached hydrogens (tertiary/aromatic N) is 3. The highest BCUT2D eigenvalue weighted by atomic mass is 35.5. The Morgan fingerprint density at radius 3 is 2.84 bits per heavy atom. The Morgan fingerprint density at radius 2 is 2.11 bits per heavy atom. The number of hydrogen-bond acceptors (Lipinski definition) is 5. The minimum absolute atomic E-state index is 0. The van der Waals surface area contributed by atoms with E-state index in [-0.39, 0.29) is 12.4 Å². The van der Waals surface area contributed by atoms with Crippen LogP contribution >= 0.6 is 23.9 Å². The fraction of sp³-hybridized carbons (Fsp3) is 0.385. The van der Waals surface area contributed by atoms with E-state index in [9.17, 15) is 0 Å². The minimum Gasteiger partial charge on any atom is -0.342 e. The molecule has 0 radical (unpaired) electrons. The van der Waals surface area contributed by atoms with E-state index in [4.69, 9.17) is 0 Å². The predicted molar refractivity (Wildman–Crippen MR) is 82.3 cm³/mol. The Labute approximate surface area is 123 Å². The Hall–Kier alpha value is -1.17. The maximum Gasteiger partial charge on any atom is 0.205 e. The number of piperazine rings is 1. The fourth-order valence-electron chi connectivity index (χ4n) is 2.16. The molecule has 1 aromatic carbocycles. The number of halogens is 1. The lowest BCUT2D eigenvalue weighted by atomic mass is 10.2. The molecule has 1 aliphatic rings. The van der Waals surface area contributed by atoms with Crippen molar-refractivity contribution < 1.29 is 0 Å². The van der Waals surface area contributed by atoms with Gasteiger partial charge in [0, 0.05) is 42.8 Å². The zero-order chi connectivity index (χ0) is 12.4. The summed E-state index contributed by atoms with van der Waals surface area (Å²) in [6.07, 6.45) is 0. The molecule has 3 rings (SSSR count). The molecule has 2 aromatic rings. The molecule has 1 saturated heterocycles. The van der Waals surface area contributed by atoms with Gasteiger partial charge in [-0.15, -0.1) is 12.4 Å². The number of rotatable bonds is 2. The van der Waals surface area contributed by atoms with Crippen LogP contribution in [0.1, 0.15) is 6.92 Å². The van der Waals surface area contributed by atoms with Crippen LogP contribution in [-0.2, 0) is 0 Å². The van der Waals surface area contributed by atoms with E-state index in [0.717, 1.165) is 36.2 Å². The zero-order valence-corrected chi connectivity index (χ0v) is 12.4. The van der Waals surface area contributed by atoms with Gasteiger partial charge >= 0.3 is 0 Å². The van der Waals surface area contributed by atoms with Gasteiger partial charge in [0.1, 0.15) is 0 Å².